The highest BCUT2D eigenvalue weighted by molar-refractivity contribution is 4.82. The Kier molecular flexibility index (Phi) is 4.28. The SMILES string of the molecule is C[C@@]1(OCCCN)OC[C@@H](O)CC1O. The fourth-order valence-corrected chi connectivity index (χ4v) is 1.39. The Morgan fingerprint density at radius 1 is 1.57 bits per heavy atom. The van der Waals surface area contributed by atoms with E-state index in [4.69, 9.17) is 15.2 Å². The average Bonchev–Trinajstić information content (AvgIpc) is 2.13. The summed E-state index contributed by atoms with van der Waals surface area (Å²) in [6, 6.07) is 0. The van der Waals surface area contributed by atoms with Crippen LogP contribution in [0.2, 0.25) is 0 Å². The normalized spacial score (nSPS) is 38.6. The van der Waals surface area contributed by atoms with Crippen LogP contribution in [0, 0.1) is 0 Å². The molecular weight excluding hydrogens is 186 g/mol. The molecule has 84 valence electrons. The number of aliphatic hydroxyl groups excluding tert-OH is 2. The lowest BCUT2D eigenvalue weighted by Crippen LogP contribution is -2.52. The molecule has 1 saturated heterocycles. The summed E-state index contributed by atoms with van der Waals surface area (Å²) in [5.74, 6) is -0.992. The molecule has 3 atom stereocenters. The van der Waals surface area contributed by atoms with Crippen LogP contribution in [0.5, 0.6) is 0 Å². The summed E-state index contributed by atoms with van der Waals surface area (Å²) in [4.78, 5) is 0. The average molecular weight is 205 g/mol. The van der Waals surface area contributed by atoms with Gasteiger partial charge in [-0.05, 0) is 19.9 Å². The Morgan fingerprint density at radius 3 is 2.86 bits per heavy atom. The van der Waals surface area contributed by atoms with Gasteiger partial charge < -0.3 is 25.4 Å². The van der Waals surface area contributed by atoms with Crippen molar-refractivity contribution in [3.8, 4) is 0 Å². The van der Waals surface area contributed by atoms with Gasteiger partial charge in [0.1, 0.15) is 6.10 Å². The Balaban J connectivity index is 2.38. The van der Waals surface area contributed by atoms with Crippen molar-refractivity contribution in [1.29, 1.82) is 0 Å². The lowest BCUT2D eigenvalue weighted by atomic mass is 10.0. The maximum Gasteiger partial charge on any atom is 0.191 e. The molecule has 0 aromatic rings. The van der Waals surface area contributed by atoms with Crippen molar-refractivity contribution in [3.63, 3.8) is 0 Å². The molecule has 5 nitrogen and oxygen atoms in total. The molecule has 0 saturated carbocycles. The third kappa shape index (κ3) is 2.90. The molecule has 0 aromatic heterocycles. The second kappa shape index (κ2) is 5.04. The number of rotatable bonds is 4. The smallest absolute Gasteiger partial charge is 0.191 e. The van der Waals surface area contributed by atoms with E-state index in [0.29, 0.717) is 19.6 Å². The number of nitrogens with two attached hydrogens (primary N) is 1. The molecule has 0 spiro atoms. The van der Waals surface area contributed by atoms with Gasteiger partial charge in [-0.3, -0.25) is 0 Å². The number of hydrogen-bond acceptors (Lipinski definition) is 5. The van der Waals surface area contributed by atoms with Gasteiger partial charge in [-0.25, -0.2) is 0 Å². The first-order chi connectivity index (χ1) is 6.58. The van der Waals surface area contributed by atoms with Crippen LogP contribution in [0.3, 0.4) is 0 Å². The first-order valence-electron chi connectivity index (χ1n) is 4.92. The summed E-state index contributed by atoms with van der Waals surface area (Å²) in [6.45, 7) is 2.89. The summed E-state index contributed by atoms with van der Waals surface area (Å²) in [5.41, 5.74) is 5.32. The van der Waals surface area contributed by atoms with E-state index in [9.17, 15) is 10.2 Å². The standard InChI is InChI=1S/C9H19NO4/c1-9(13-4-2-3-10)8(12)5-7(11)6-14-9/h7-8,11-12H,2-6,10H2,1H3/t7-,8?,9+/m0/s1. The highest BCUT2D eigenvalue weighted by Gasteiger charge is 2.40. The van der Waals surface area contributed by atoms with Crippen LogP contribution in [-0.4, -0.2) is 48.0 Å². The molecule has 0 amide bonds. The fourth-order valence-electron chi connectivity index (χ4n) is 1.39. The minimum absolute atomic E-state index is 0.205. The molecule has 14 heavy (non-hydrogen) atoms. The zero-order valence-corrected chi connectivity index (χ0v) is 8.48. The fraction of sp³-hybridized carbons (Fsp3) is 1.00. The summed E-state index contributed by atoms with van der Waals surface area (Å²) >= 11 is 0. The second-order valence-corrected chi connectivity index (χ2v) is 3.72. The number of hydrogen-bond donors (Lipinski definition) is 3. The van der Waals surface area contributed by atoms with Crippen molar-refractivity contribution in [2.45, 2.75) is 37.8 Å². The van der Waals surface area contributed by atoms with Gasteiger partial charge in [0, 0.05) is 6.42 Å². The molecule has 1 fully saturated rings. The van der Waals surface area contributed by atoms with Gasteiger partial charge in [0.15, 0.2) is 5.79 Å². The predicted molar refractivity (Wildman–Crippen MR) is 50.6 cm³/mol. The lowest BCUT2D eigenvalue weighted by Gasteiger charge is -2.39. The third-order valence-corrected chi connectivity index (χ3v) is 2.40. The lowest BCUT2D eigenvalue weighted by molar-refractivity contribution is -0.305. The first-order valence-corrected chi connectivity index (χ1v) is 4.92. The Labute approximate surface area is 83.8 Å². The monoisotopic (exact) mass is 205 g/mol. The van der Waals surface area contributed by atoms with E-state index in [0.717, 1.165) is 6.42 Å². The van der Waals surface area contributed by atoms with Gasteiger partial charge in [-0.1, -0.05) is 0 Å². The molecule has 1 unspecified atom stereocenters. The second-order valence-electron chi connectivity index (χ2n) is 3.72. The van der Waals surface area contributed by atoms with Gasteiger partial charge in [0.2, 0.25) is 0 Å². The maximum absolute atomic E-state index is 9.66. The van der Waals surface area contributed by atoms with E-state index in [1.807, 2.05) is 0 Å². The van der Waals surface area contributed by atoms with Gasteiger partial charge in [0.25, 0.3) is 0 Å². The van der Waals surface area contributed by atoms with Gasteiger partial charge in [-0.15, -0.1) is 0 Å². The van der Waals surface area contributed by atoms with Crippen molar-refractivity contribution in [1.82, 2.24) is 0 Å². The molecule has 0 bridgehead atoms. The molecular formula is C9H19NO4. The molecule has 5 heteroatoms. The topological polar surface area (TPSA) is 84.9 Å². The molecule has 1 aliphatic rings. The van der Waals surface area contributed by atoms with Crippen molar-refractivity contribution in [2.24, 2.45) is 5.73 Å². The van der Waals surface area contributed by atoms with Crippen LogP contribution in [0.25, 0.3) is 0 Å². The molecule has 1 rings (SSSR count). The molecule has 4 N–H and O–H groups in total. The van der Waals surface area contributed by atoms with Gasteiger partial charge >= 0.3 is 0 Å². The van der Waals surface area contributed by atoms with E-state index < -0.39 is 18.0 Å². The summed E-state index contributed by atoms with van der Waals surface area (Å²) < 4.78 is 10.7. The maximum atomic E-state index is 9.66. The van der Waals surface area contributed by atoms with Crippen LogP contribution >= 0.6 is 0 Å². The highest BCUT2D eigenvalue weighted by Crippen LogP contribution is 2.26. The van der Waals surface area contributed by atoms with Crippen molar-refractivity contribution < 1.29 is 19.7 Å². The molecule has 0 aromatic carbocycles. The van der Waals surface area contributed by atoms with Gasteiger partial charge in [0.05, 0.1) is 19.3 Å². The summed E-state index contributed by atoms with van der Waals surface area (Å²) in [6.07, 6.45) is -0.368. The molecule has 1 heterocycles. The van der Waals surface area contributed by atoms with E-state index >= 15 is 0 Å². The number of aliphatic hydroxyl groups is 2. The minimum Gasteiger partial charge on any atom is -0.391 e. The quantitative estimate of drug-likeness (QED) is 0.524. The van der Waals surface area contributed by atoms with Crippen LogP contribution in [0.1, 0.15) is 19.8 Å². The predicted octanol–water partition coefficient (Wildman–Crippen LogP) is -0.790. The zero-order valence-electron chi connectivity index (χ0n) is 8.48. The van der Waals surface area contributed by atoms with Crippen LogP contribution < -0.4 is 5.73 Å². The van der Waals surface area contributed by atoms with E-state index in [-0.39, 0.29) is 6.61 Å². The van der Waals surface area contributed by atoms with Crippen molar-refractivity contribution in [3.05, 3.63) is 0 Å². The Hall–Kier alpha value is -0.200. The van der Waals surface area contributed by atoms with E-state index in [2.05, 4.69) is 0 Å². The van der Waals surface area contributed by atoms with Crippen molar-refractivity contribution in [2.75, 3.05) is 19.8 Å². The third-order valence-electron chi connectivity index (χ3n) is 2.40. The van der Waals surface area contributed by atoms with Crippen molar-refractivity contribution >= 4 is 0 Å². The van der Waals surface area contributed by atoms with E-state index in [1.54, 1.807) is 6.92 Å². The minimum atomic E-state index is -0.992. The highest BCUT2D eigenvalue weighted by atomic mass is 16.7. The van der Waals surface area contributed by atoms with E-state index in [1.165, 1.54) is 0 Å². The zero-order chi connectivity index (χ0) is 10.6. The Bertz CT molecular complexity index is 178. The summed E-state index contributed by atoms with van der Waals surface area (Å²) in [5, 5.41) is 18.9. The molecule has 1 aliphatic heterocycles. The summed E-state index contributed by atoms with van der Waals surface area (Å²) in [7, 11) is 0. The number of ether oxygens (including phenoxy) is 2. The van der Waals surface area contributed by atoms with Crippen LogP contribution in [0.4, 0.5) is 0 Å². The molecule has 0 aliphatic carbocycles. The van der Waals surface area contributed by atoms with Gasteiger partial charge in [-0.2, -0.15) is 0 Å². The largest absolute Gasteiger partial charge is 0.391 e. The first kappa shape index (κ1) is 11.9. The van der Waals surface area contributed by atoms with Crippen LogP contribution in [0.15, 0.2) is 0 Å². The molecule has 0 radical (unpaired) electrons. The van der Waals surface area contributed by atoms with Crippen LogP contribution in [-0.2, 0) is 9.47 Å². The Morgan fingerprint density at radius 2 is 2.29 bits per heavy atom.